The fourth-order valence-electron chi connectivity index (χ4n) is 1.82. The molecular weight excluding hydrogens is 300 g/mol. The van der Waals surface area contributed by atoms with Gasteiger partial charge in [-0.2, -0.15) is 13.9 Å². The van der Waals surface area contributed by atoms with E-state index in [1.807, 2.05) is 13.2 Å². The number of halogens is 2. The van der Waals surface area contributed by atoms with E-state index in [-0.39, 0.29) is 4.90 Å². The van der Waals surface area contributed by atoms with Crippen LogP contribution in [-0.2, 0) is 23.3 Å². The first-order valence-corrected chi connectivity index (χ1v) is 7.78. The van der Waals surface area contributed by atoms with E-state index in [4.69, 9.17) is 0 Å². The highest BCUT2D eigenvalue weighted by atomic mass is 32.2. The third kappa shape index (κ3) is 3.78. The molecule has 0 aliphatic carbocycles. The van der Waals surface area contributed by atoms with Crippen LogP contribution in [0, 0.1) is 0 Å². The third-order valence-electron chi connectivity index (χ3n) is 2.92. The van der Waals surface area contributed by atoms with Crippen LogP contribution in [-0.4, -0.2) is 30.5 Å². The van der Waals surface area contributed by atoms with Gasteiger partial charge in [-0.25, -0.2) is 8.42 Å². The molecule has 1 N–H and O–H groups in total. The van der Waals surface area contributed by atoms with Crippen molar-refractivity contribution in [1.29, 1.82) is 0 Å². The maximum Gasteiger partial charge on any atom is 0.341 e. The summed E-state index contributed by atoms with van der Waals surface area (Å²) in [6, 6.07) is 5.29. The molecule has 0 bridgehead atoms. The summed E-state index contributed by atoms with van der Waals surface area (Å²) in [5, 5.41) is 7.14. The second-order valence-corrected chi connectivity index (χ2v) is 6.45. The van der Waals surface area contributed by atoms with Crippen LogP contribution < -0.4 is 5.32 Å². The number of sulfone groups is 1. The van der Waals surface area contributed by atoms with Gasteiger partial charge in [0.25, 0.3) is 0 Å². The first-order chi connectivity index (χ1) is 9.89. The number of nitrogens with one attached hydrogen (secondary N) is 1. The van der Waals surface area contributed by atoms with E-state index in [9.17, 15) is 17.2 Å². The third-order valence-corrected chi connectivity index (χ3v) is 4.32. The molecule has 0 fully saturated rings. The Morgan fingerprint density at radius 2 is 1.95 bits per heavy atom. The molecule has 0 amide bonds. The van der Waals surface area contributed by atoms with E-state index in [1.165, 1.54) is 24.3 Å². The van der Waals surface area contributed by atoms with Gasteiger partial charge in [-0.15, -0.1) is 0 Å². The zero-order chi connectivity index (χ0) is 15.5. The Labute approximate surface area is 121 Å². The molecule has 8 heteroatoms. The van der Waals surface area contributed by atoms with Crippen LogP contribution in [0.25, 0.3) is 0 Å². The van der Waals surface area contributed by atoms with Gasteiger partial charge in [-0.3, -0.25) is 4.68 Å². The largest absolute Gasteiger partial charge is 0.385 e. The Balaban J connectivity index is 1.94. The predicted octanol–water partition coefficient (Wildman–Crippen LogP) is 2.07. The molecular formula is C13H15F2N3O2S. The topological polar surface area (TPSA) is 64.0 Å². The number of aryl methyl sites for hydroxylation is 1. The van der Waals surface area contributed by atoms with E-state index < -0.39 is 15.6 Å². The molecule has 21 heavy (non-hydrogen) atoms. The minimum atomic E-state index is -4.53. The van der Waals surface area contributed by atoms with Crippen LogP contribution in [0.5, 0.6) is 0 Å². The molecule has 2 rings (SSSR count). The minimum absolute atomic E-state index is 0.379. The summed E-state index contributed by atoms with van der Waals surface area (Å²) < 4.78 is 49.0. The smallest absolute Gasteiger partial charge is 0.341 e. The number of benzene rings is 1. The van der Waals surface area contributed by atoms with Crippen LogP contribution in [0.1, 0.15) is 5.56 Å². The molecule has 0 aliphatic rings. The second kappa shape index (κ2) is 6.21. The second-order valence-electron chi connectivity index (χ2n) is 4.53. The van der Waals surface area contributed by atoms with E-state index in [0.29, 0.717) is 12.2 Å². The standard InChI is InChI=1S/C13H15F2N3O2S/c1-18-9-10(8-17-18)6-7-16-11-2-4-12(5-3-11)21(19,20)13(14)15/h2-5,8-9,13,16H,6-7H2,1H3. The Bertz CT molecular complexity index is 696. The van der Waals surface area contributed by atoms with E-state index in [0.717, 1.165) is 12.0 Å². The van der Waals surface area contributed by atoms with Crippen molar-refractivity contribution >= 4 is 15.5 Å². The van der Waals surface area contributed by atoms with Crippen molar-refractivity contribution in [3.05, 3.63) is 42.2 Å². The Hall–Kier alpha value is -1.96. The molecule has 5 nitrogen and oxygen atoms in total. The van der Waals surface area contributed by atoms with Gasteiger partial charge in [0.1, 0.15) is 0 Å². The number of nitrogens with zero attached hydrogens (tertiary/aromatic N) is 2. The summed E-state index contributed by atoms with van der Waals surface area (Å²) in [5.74, 6) is -3.40. The molecule has 0 saturated carbocycles. The highest BCUT2D eigenvalue weighted by Gasteiger charge is 2.26. The van der Waals surface area contributed by atoms with Crippen LogP contribution >= 0.6 is 0 Å². The summed E-state index contributed by atoms with van der Waals surface area (Å²) in [4.78, 5) is -0.379. The van der Waals surface area contributed by atoms with Gasteiger partial charge in [0.15, 0.2) is 0 Å². The van der Waals surface area contributed by atoms with Crippen molar-refractivity contribution in [3.63, 3.8) is 0 Å². The fourth-order valence-corrected chi connectivity index (χ4v) is 2.54. The average Bonchev–Trinajstić information content (AvgIpc) is 2.85. The van der Waals surface area contributed by atoms with Gasteiger partial charge in [-0.1, -0.05) is 0 Å². The predicted molar refractivity (Wildman–Crippen MR) is 75.0 cm³/mol. The molecule has 0 unspecified atom stereocenters. The fraction of sp³-hybridized carbons (Fsp3) is 0.308. The van der Waals surface area contributed by atoms with Gasteiger partial charge in [0.2, 0.25) is 9.84 Å². The molecule has 0 aliphatic heterocycles. The lowest BCUT2D eigenvalue weighted by Crippen LogP contribution is -2.11. The molecule has 2 aromatic rings. The molecule has 0 atom stereocenters. The number of aromatic nitrogens is 2. The first kappa shape index (κ1) is 15.4. The first-order valence-electron chi connectivity index (χ1n) is 6.23. The van der Waals surface area contributed by atoms with E-state index >= 15 is 0 Å². The zero-order valence-electron chi connectivity index (χ0n) is 11.3. The monoisotopic (exact) mass is 315 g/mol. The van der Waals surface area contributed by atoms with Crippen molar-refractivity contribution in [1.82, 2.24) is 9.78 Å². The Kier molecular flexibility index (Phi) is 4.56. The summed E-state index contributed by atoms with van der Waals surface area (Å²) in [5.41, 5.74) is 1.74. The average molecular weight is 315 g/mol. The van der Waals surface area contributed by atoms with Gasteiger partial charge < -0.3 is 5.32 Å². The number of hydrogen-bond acceptors (Lipinski definition) is 4. The molecule has 0 radical (unpaired) electrons. The lowest BCUT2D eigenvalue weighted by molar-refractivity contribution is 0.234. The summed E-state index contributed by atoms with van der Waals surface area (Å²) in [6.07, 6.45) is 4.42. The van der Waals surface area contributed by atoms with E-state index in [1.54, 1.807) is 10.9 Å². The Morgan fingerprint density at radius 1 is 1.29 bits per heavy atom. The quantitative estimate of drug-likeness (QED) is 0.886. The maximum atomic E-state index is 12.4. The van der Waals surface area contributed by atoms with E-state index in [2.05, 4.69) is 10.4 Å². The number of alkyl halides is 2. The maximum absolute atomic E-state index is 12.4. The van der Waals surface area contributed by atoms with Gasteiger partial charge in [0.05, 0.1) is 11.1 Å². The van der Waals surface area contributed by atoms with Crippen LogP contribution in [0.3, 0.4) is 0 Å². The molecule has 1 heterocycles. The highest BCUT2D eigenvalue weighted by Crippen LogP contribution is 2.20. The SMILES string of the molecule is Cn1cc(CCNc2ccc(S(=O)(=O)C(F)F)cc2)cn1. The molecule has 1 aromatic carbocycles. The Morgan fingerprint density at radius 3 is 2.48 bits per heavy atom. The number of rotatable bonds is 6. The summed E-state index contributed by atoms with van der Waals surface area (Å²) in [6.45, 7) is 0.632. The van der Waals surface area contributed by atoms with Gasteiger partial charge >= 0.3 is 5.76 Å². The molecule has 1 aromatic heterocycles. The van der Waals surface area contributed by atoms with Crippen molar-refractivity contribution in [3.8, 4) is 0 Å². The lowest BCUT2D eigenvalue weighted by atomic mass is 10.2. The van der Waals surface area contributed by atoms with Gasteiger partial charge in [-0.05, 0) is 36.2 Å². The van der Waals surface area contributed by atoms with Crippen molar-refractivity contribution in [2.24, 2.45) is 7.05 Å². The van der Waals surface area contributed by atoms with Crippen LogP contribution in [0.2, 0.25) is 0 Å². The lowest BCUT2D eigenvalue weighted by Gasteiger charge is -2.07. The molecule has 0 spiro atoms. The minimum Gasteiger partial charge on any atom is -0.385 e. The zero-order valence-corrected chi connectivity index (χ0v) is 12.1. The summed E-state index contributed by atoms with van der Waals surface area (Å²) >= 11 is 0. The number of anilines is 1. The highest BCUT2D eigenvalue weighted by molar-refractivity contribution is 7.91. The summed E-state index contributed by atoms with van der Waals surface area (Å²) in [7, 11) is -2.69. The normalized spacial score (nSPS) is 11.8. The van der Waals surface area contributed by atoms with Crippen molar-refractivity contribution < 1.29 is 17.2 Å². The van der Waals surface area contributed by atoms with Crippen LogP contribution in [0.4, 0.5) is 14.5 Å². The van der Waals surface area contributed by atoms with Crippen molar-refractivity contribution in [2.75, 3.05) is 11.9 Å². The molecule has 0 saturated heterocycles. The van der Waals surface area contributed by atoms with Crippen LogP contribution in [0.15, 0.2) is 41.6 Å². The van der Waals surface area contributed by atoms with Gasteiger partial charge in [0, 0.05) is 25.5 Å². The number of hydrogen-bond donors (Lipinski definition) is 1. The van der Waals surface area contributed by atoms with Crippen molar-refractivity contribution in [2.45, 2.75) is 17.1 Å². The molecule has 114 valence electrons.